The van der Waals surface area contributed by atoms with Gasteiger partial charge >= 0.3 is 0 Å². The first-order valence-corrected chi connectivity index (χ1v) is 5.31. The smallest absolute Gasteiger partial charge is 0.170 e. The second-order valence-electron chi connectivity index (χ2n) is 3.31. The molecular formula is C10H17N5O. The lowest BCUT2D eigenvalue weighted by Crippen LogP contribution is -2.23. The fraction of sp³-hybridized carbons (Fsp3) is 0.600. The van der Waals surface area contributed by atoms with Crippen LogP contribution >= 0.6 is 0 Å². The topological polar surface area (TPSA) is 91.1 Å². The van der Waals surface area contributed by atoms with Crippen molar-refractivity contribution in [3.05, 3.63) is 5.56 Å². The van der Waals surface area contributed by atoms with Crippen molar-refractivity contribution in [1.29, 1.82) is 5.26 Å². The molecular weight excluding hydrogens is 206 g/mol. The Balaban J connectivity index is 3.18. The zero-order valence-corrected chi connectivity index (χ0v) is 9.64. The number of nitriles is 1. The molecule has 0 fully saturated rings. The lowest BCUT2D eigenvalue weighted by atomic mass is 10.3. The molecule has 88 valence electrons. The van der Waals surface area contributed by atoms with Gasteiger partial charge in [0, 0.05) is 13.1 Å². The van der Waals surface area contributed by atoms with E-state index < -0.39 is 0 Å². The van der Waals surface area contributed by atoms with Crippen LogP contribution in [0.4, 0.5) is 11.6 Å². The molecule has 0 amide bonds. The van der Waals surface area contributed by atoms with Crippen molar-refractivity contribution in [3.63, 3.8) is 0 Å². The summed E-state index contributed by atoms with van der Waals surface area (Å²) in [5.41, 5.74) is 6.17. The minimum Gasteiger partial charge on any atom is -0.394 e. The van der Waals surface area contributed by atoms with Crippen molar-refractivity contribution >= 4 is 11.6 Å². The molecule has 16 heavy (non-hydrogen) atoms. The summed E-state index contributed by atoms with van der Waals surface area (Å²) in [4.78, 5) is 1.96. The molecule has 6 heteroatoms. The number of nitrogen functional groups attached to an aromatic ring is 1. The van der Waals surface area contributed by atoms with Crippen LogP contribution in [0.3, 0.4) is 0 Å². The molecule has 3 N–H and O–H groups in total. The Kier molecular flexibility index (Phi) is 4.14. The SMILES string of the molecule is CCN(CC)c1nn(CCO)c(N)c1C#N. The van der Waals surface area contributed by atoms with E-state index in [1.54, 1.807) is 0 Å². The zero-order valence-electron chi connectivity index (χ0n) is 9.64. The van der Waals surface area contributed by atoms with E-state index in [1.807, 2.05) is 18.7 Å². The maximum absolute atomic E-state index is 9.05. The van der Waals surface area contributed by atoms with Gasteiger partial charge in [0.2, 0.25) is 0 Å². The van der Waals surface area contributed by atoms with Crippen molar-refractivity contribution in [1.82, 2.24) is 9.78 Å². The van der Waals surface area contributed by atoms with Gasteiger partial charge in [-0.15, -0.1) is 0 Å². The van der Waals surface area contributed by atoms with E-state index in [0.717, 1.165) is 13.1 Å². The highest BCUT2D eigenvalue weighted by Crippen LogP contribution is 2.23. The maximum atomic E-state index is 9.05. The summed E-state index contributed by atoms with van der Waals surface area (Å²) in [5.74, 6) is 0.914. The molecule has 0 saturated carbocycles. The fourth-order valence-corrected chi connectivity index (χ4v) is 1.58. The minimum atomic E-state index is -0.0472. The van der Waals surface area contributed by atoms with Gasteiger partial charge in [0.05, 0.1) is 13.2 Å². The summed E-state index contributed by atoms with van der Waals surface area (Å²) < 4.78 is 1.46. The van der Waals surface area contributed by atoms with Crippen LogP contribution in [0.15, 0.2) is 0 Å². The van der Waals surface area contributed by atoms with Gasteiger partial charge in [-0.1, -0.05) is 0 Å². The molecule has 1 rings (SSSR count). The monoisotopic (exact) mass is 223 g/mol. The third kappa shape index (κ3) is 2.09. The molecule has 1 aromatic rings. The number of aliphatic hydroxyl groups is 1. The van der Waals surface area contributed by atoms with E-state index in [4.69, 9.17) is 16.1 Å². The lowest BCUT2D eigenvalue weighted by molar-refractivity contribution is 0.270. The molecule has 0 aromatic carbocycles. The molecule has 0 saturated heterocycles. The summed E-state index contributed by atoms with van der Waals surface area (Å²) in [6.45, 7) is 5.77. The molecule has 6 nitrogen and oxygen atoms in total. The van der Waals surface area contributed by atoms with Crippen LogP contribution in [0.5, 0.6) is 0 Å². The molecule has 0 aliphatic carbocycles. The van der Waals surface area contributed by atoms with E-state index in [1.165, 1.54) is 4.68 Å². The first-order valence-electron chi connectivity index (χ1n) is 5.31. The van der Waals surface area contributed by atoms with Crippen LogP contribution in [0.2, 0.25) is 0 Å². The molecule has 1 heterocycles. The van der Waals surface area contributed by atoms with Gasteiger partial charge in [-0.25, -0.2) is 4.68 Å². The standard InChI is InChI=1S/C10H17N5O/c1-3-14(4-2)10-8(7-11)9(12)15(13-10)5-6-16/h16H,3-6,12H2,1-2H3. The second kappa shape index (κ2) is 5.37. The largest absolute Gasteiger partial charge is 0.394 e. The van der Waals surface area contributed by atoms with Gasteiger partial charge in [-0.3, -0.25) is 0 Å². The van der Waals surface area contributed by atoms with Gasteiger partial charge < -0.3 is 15.7 Å². The second-order valence-corrected chi connectivity index (χ2v) is 3.31. The lowest BCUT2D eigenvalue weighted by Gasteiger charge is -2.17. The van der Waals surface area contributed by atoms with Crippen molar-refractivity contribution in [2.75, 3.05) is 30.3 Å². The van der Waals surface area contributed by atoms with Crippen molar-refractivity contribution in [2.24, 2.45) is 0 Å². The summed E-state index contributed by atoms with van der Waals surface area (Å²) in [6, 6.07) is 2.06. The average molecular weight is 223 g/mol. The van der Waals surface area contributed by atoms with Crippen LogP contribution in [0.25, 0.3) is 0 Å². The normalized spacial score (nSPS) is 10.1. The maximum Gasteiger partial charge on any atom is 0.170 e. The number of anilines is 2. The number of aliphatic hydroxyl groups excluding tert-OH is 1. The van der Waals surface area contributed by atoms with Gasteiger partial charge in [0.15, 0.2) is 5.82 Å². The quantitative estimate of drug-likeness (QED) is 0.742. The molecule has 1 aromatic heterocycles. The van der Waals surface area contributed by atoms with Gasteiger partial charge in [-0.2, -0.15) is 10.4 Å². The zero-order chi connectivity index (χ0) is 12.1. The van der Waals surface area contributed by atoms with E-state index in [9.17, 15) is 0 Å². The average Bonchev–Trinajstić information content (AvgIpc) is 2.59. The highest BCUT2D eigenvalue weighted by atomic mass is 16.3. The van der Waals surface area contributed by atoms with Crippen molar-refractivity contribution in [3.8, 4) is 6.07 Å². The summed E-state index contributed by atoms with van der Waals surface area (Å²) in [6.07, 6.45) is 0. The first kappa shape index (κ1) is 12.3. The van der Waals surface area contributed by atoms with Crippen LogP contribution in [0, 0.1) is 11.3 Å². The summed E-state index contributed by atoms with van der Waals surface area (Å²) in [7, 11) is 0. The third-order valence-corrected chi connectivity index (χ3v) is 2.46. The van der Waals surface area contributed by atoms with E-state index in [0.29, 0.717) is 23.7 Å². The number of aromatic nitrogens is 2. The molecule has 0 aliphatic rings. The Morgan fingerprint density at radius 1 is 1.50 bits per heavy atom. The fourth-order valence-electron chi connectivity index (χ4n) is 1.58. The van der Waals surface area contributed by atoms with Gasteiger partial charge in [0.1, 0.15) is 17.5 Å². The highest BCUT2D eigenvalue weighted by molar-refractivity contribution is 5.64. The molecule has 0 aliphatic heterocycles. The summed E-state index contributed by atoms with van der Waals surface area (Å²) >= 11 is 0. The minimum absolute atomic E-state index is 0.0472. The number of nitrogens with two attached hydrogens (primary N) is 1. The Labute approximate surface area is 94.9 Å². The van der Waals surface area contributed by atoms with Gasteiger partial charge in [0.25, 0.3) is 0 Å². The number of nitrogens with zero attached hydrogens (tertiary/aromatic N) is 4. The van der Waals surface area contributed by atoms with E-state index in [-0.39, 0.29) is 6.61 Å². The molecule has 0 unspecified atom stereocenters. The van der Waals surface area contributed by atoms with Crippen LogP contribution < -0.4 is 10.6 Å². The van der Waals surface area contributed by atoms with Crippen LogP contribution in [-0.4, -0.2) is 34.6 Å². The predicted molar refractivity (Wildman–Crippen MR) is 62.0 cm³/mol. The Bertz CT molecular complexity index is 389. The third-order valence-electron chi connectivity index (χ3n) is 2.46. The highest BCUT2D eigenvalue weighted by Gasteiger charge is 2.18. The Morgan fingerprint density at radius 2 is 2.12 bits per heavy atom. The number of hydrogen-bond donors (Lipinski definition) is 2. The van der Waals surface area contributed by atoms with E-state index in [2.05, 4.69) is 11.2 Å². The van der Waals surface area contributed by atoms with Crippen LogP contribution in [0.1, 0.15) is 19.4 Å². The first-order chi connectivity index (χ1) is 7.69. The molecule has 0 radical (unpaired) electrons. The van der Waals surface area contributed by atoms with Gasteiger partial charge in [-0.05, 0) is 13.8 Å². The molecule has 0 atom stereocenters. The molecule has 0 spiro atoms. The number of hydrogen-bond acceptors (Lipinski definition) is 5. The molecule has 0 bridgehead atoms. The van der Waals surface area contributed by atoms with Crippen LogP contribution in [-0.2, 0) is 6.54 Å². The number of rotatable bonds is 5. The van der Waals surface area contributed by atoms with Crippen molar-refractivity contribution in [2.45, 2.75) is 20.4 Å². The predicted octanol–water partition coefficient (Wildman–Crippen LogP) is 0.175. The Hall–Kier alpha value is -1.74. The Morgan fingerprint density at radius 3 is 2.56 bits per heavy atom. The van der Waals surface area contributed by atoms with Crippen molar-refractivity contribution < 1.29 is 5.11 Å². The van der Waals surface area contributed by atoms with E-state index >= 15 is 0 Å². The summed E-state index contributed by atoms with van der Waals surface area (Å²) in [5, 5.41) is 22.2.